The molecule has 0 bridgehead atoms. The second-order valence-electron chi connectivity index (χ2n) is 4.74. The number of hydrogen-bond acceptors (Lipinski definition) is 5. The molecule has 0 unspecified atom stereocenters. The third-order valence-corrected chi connectivity index (χ3v) is 5.02. The summed E-state index contributed by atoms with van der Waals surface area (Å²) in [6.07, 6.45) is 0. The maximum absolute atomic E-state index is 12.3. The smallest absolute Gasteiger partial charge is 0.241 e. The third-order valence-electron chi connectivity index (χ3n) is 3.28. The van der Waals surface area contributed by atoms with Crippen molar-refractivity contribution in [2.75, 3.05) is 39.3 Å². The minimum absolute atomic E-state index is 0.0715. The first kappa shape index (κ1) is 16.2. The molecule has 1 aromatic rings. The van der Waals surface area contributed by atoms with Crippen LogP contribution < -0.4 is 10.0 Å². The molecule has 0 aliphatic carbocycles. The van der Waals surface area contributed by atoms with E-state index >= 15 is 0 Å². The number of sulfonamides is 1. The van der Waals surface area contributed by atoms with Gasteiger partial charge in [-0.3, -0.25) is 4.90 Å². The first-order chi connectivity index (χ1) is 10.0. The highest BCUT2D eigenvalue weighted by atomic mass is 35.5. The minimum atomic E-state index is -3.73. The highest BCUT2D eigenvalue weighted by Crippen LogP contribution is 2.20. The molecule has 0 atom stereocenters. The summed E-state index contributed by atoms with van der Waals surface area (Å²) in [5.41, 5.74) is 0.0917. The molecule has 0 amide bonds. The van der Waals surface area contributed by atoms with Crippen molar-refractivity contribution in [3.8, 4) is 6.07 Å². The van der Waals surface area contributed by atoms with E-state index in [0.29, 0.717) is 13.1 Å². The molecule has 2 rings (SSSR count). The average molecular weight is 329 g/mol. The Hall–Kier alpha value is -1.17. The summed E-state index contributed by atoms with van der Waals surface area (Å²) in [6.45, 7) is 4.59. The largest absolute Gasteiger partial charge is 0.314 e. The fraction of sp³-hybridized carbons (Fsp3) is 0.462. The van der Waals surface area contributed by atoms with Gasteiger partial charge in [0.2, 0.25) is 10.0 Å². The molecule has 21 heavy (non-hydrogen) atoms. The summed E-state index contributed by atoms with van der Waals surface area (Å²) < 4.78 is 27.0. The second-order valence-corrected chi connectivity index (χ2v) is 6.91. The van der Waals surface area contributed by atoms with Crippen LogP contribution in [0.5, 0.6) is 0 Å². The van der Waals surface area contributed by atoms with E-state index in [-0.39, 0.29) is 15.5 Å². The van der Waals surface area contributed by atoms with E-state index in [4.69, 9.17) is 16.9 Å². The van der Waals surface area contributed by atoms with Crippen molar-refractivity contribution in [1.29, 1.82) is 5.26 Å². The quantitative estimate of drug-likeness (QED) is 0.817. The van der Waals surface area contributed by atoms with Crippen molar-refractivity contribution < 1.29 is 8.42 Å². The van der Waals surface area contributed by atoms with Crippen molar-refractivity contribution in [2.24, 2.45) is 0 Å². The summed E-state index contributed by atoms with van der Waals surface area (Å²) >= 11 is 5.82. The molecule has 0 saturated carbocycles. The Kier molecular flexibility index (Phi) is 5.56. The van der Waals surface area contributed by atoms with Crippen LogP contribution >= 0.6 is 11.6 Å². The van der Waals surface area contributed by atoms with Gasteiger partial charge in [-0.25, -0.2) is 13.1 Å². The zero-order valence-corrected chi connectivity index (χ0v) is 13.0. The number of rotatable bonds is 5. The number of nitrogens with one attached hydrogen (secondary N) is 2. The van der Waals surface area contributed by atoms with E-state index in [9.17, 15) is 8.42 Å². The molecule has 1 saturated heterocycles. The van der Waals surface area contributed by atoms with Gasteiger partial charge < -0.3 is 5.32 Å². The standard InChI is InChI=1S/C13H17ClN4O2S/c14-12-2-1-11(10-15)13(9-12)21(19,20)17-5-8-18-6-3-16-4-7-18/h1-2,9,16-17H,3-8H2. The van der Waals surface area contributed by atoms with Gasteiger partial charge in [0.25, 0.3) is 0 Å². The Morgan fingerprint density at radius 3 is 2.76 bits per heavy atom. The molecule has 114 valence electrons. The van der Waals surface area contributed by atoms with Crippen LogP contribution in [0.15, 0.2) is 23.1 Å². The predicted octanol–water partition coefficient (Wildman–Crippen LogP) is 0.395. The topological polar surface area (TPSA) is 85.2 Å². The average Bonchev–Trinajstić information content (AvgIpc) is 2.48. The predicted molar refractivity (Wildman–Crippen MR) is 80.7 cm³/mol. The summed E-state index contributed by atoms with van der Waals surface area (Å²) in [6, 6.07) is 6.08. The molecule has 1 fully saturated rings. The zero-order chi connectivity index (χ0) is 15.3. The van der Waals surface area contributed by atoms with Crippen molar-refractivity contribution in [3.63, 3.8) is 0 Å². The maximum Gasteiger partial charge on any atom is 0.241 e. The van der Waals surface area contributed by atoms with E-state index < -0.39 is 10.0 Å². The van der Waals surface area contributed by atoms with Gasteiger partial charge in [0.1, 0.15) is 11.0 Å². The van der Waals surface area contributed by atoms with Crippen LogP contribution in [0, 0.1) is 11.3 Å². The Morgan fingerprint density at radius 2 is 2.10 bits per heavy atom. The van der Waals surface area contributed by atoms with Crippen LogP contribution in [-0.2, 0) is 10.0 Å². The molecule has 1 heterocycles. The van der Waals surface area contributed by atoms with Gasteiger partial charge in [0.05, 0.1) is 5.56 Å². The van der Waals surface area contributed by atoms with Gasteiger partial charge in [-0.05, 0) is 18.2 Å². The molecule has 1 aliphatic rings. The Labute approximate surface area is 129 Å². The van der Waals surface area contributed by atoms with Crippen LogP contribution in [0.3, 0.4) is 0 Å². The summed E-state index contributed by atoms with van der Waals surface area (Å²) in [5, 5.41) is 12.5. The number of hydrogen-bond donors (Lipinski definition) is 2. The molecule has 0 spiro atoms. The molecular weight excluding hydrogens is 312 g/mol. The second kappa shape index (κ2) is 7.20. The number of piperazine rings is 1. The van der Waals surface area contributed by atoms with Crippen LogP contribution in [0.25, 0.3) is 0 Å². The van der Waals surface area contributed by atoms with E-state index in [2.05, 4.69) is 14.9 Å². The molecule has 6 nitrogen and oxygen atoms in total. The Bertz CT molecular complexity index is 636. The van der Waals surface area contributed by atoms with Crippen LogP contribution in [0.4, 0.5) is 0 Å². The van der Waals surface area contributed by atoms with Crippen LogP contribution in [0.1, 0.15) is 5.56 Å². The van der Waals surface area contributed by atoms with Crippen molar-refractivity contribution in [3.05, 3.63) is 28.8 Å². The Morgan fingerprint density at radius 1 is 1.38 bits per heavy atom. The normalized spacial score (nSPS) is 16.6. The zero-order valence-electron chi connectivity index (χ0n) is 11.5. The van der Waals surface area contributed by atoms with Crippen molar-refractivity contribution >= 4 is 21.6 Å². The van der Waals surface area contributed by atoms with E-state index in [1.165, 1.54) is 18.2 Å². The van der Waals surface area contributed by atoms with E-state index in [0.717, 1.165) is 26.2 Å². The number of nitrogens with zero attached hydrogens (tertiary/aromatic N) is 2. The lowest BCUT2D eigenvalue weighted by atomic mass is 10.2. The van der Waals surface area contributed by atoms with Gasteiger partial charge in [0, 0.05) is 44.3 Å². The third kappa shape index (κ3) is 4.40. The molecule has 1 aromatic carbocycles. The van der Waals surface area contributed by atoms with Crippen molar-refractivity contribution in [1.82, 2.24) is 14.9 Å². The fourth-order valence-electron chi connectivity index (χ4n) is 2.16. The lowest BCUT2D eigenvalue weighted by molar-refractivity contribution is 0.245. The fourth-order valence-corrected chi connectivity index (χ4v) is 3.60. The summed E-state index contributed by atoms with van der Waals surface area (Å²) in [7, 11) is -3.73. The van der Waals surface area contributed by atoms with Crippen LogP contribution in [-0.4, -0.2) is 52.6 Å². The molecule has 8 heteroatoms. The van der Waals surface area contributed by atoms with Crippen molar-refractivity contribution in [2.45, 2.75) is 4.90 Å². The van der Waals surface area contributed by atoms with Gasteiger partial charge >= 0.3 is 0 Å². The van der Waals surface area contributed by atoms with Gasteiger partial charge in [0.15, 0.2) is 0 Å². The maximum atomic E-state index is 12.3. The molecule has 2 N–H and O–H groups in total. The first-order valence-electron chi connectivity index (χ1n) is 6.65. The lowest BCUT2D eigenvalue weighted by Crippen LogP contribution is -2.46. The summed E-state index contributed by atoms with van der Waals surface area (Å²) in [4.78, 5) is 2.11. The number of benzene rings is 1. The van der Waals surface area contributed by atoms with E-state index in [1.54, 1.807) is 0 Å². The van der Waals surface area contributed by atoms with Gasteiger partial charge in [-0.1, -0.05) is 11.6 Å². The lowest BCUT2D eigenvalue weighted by Gasteiger charge is -2.27. The summed E-state index contributed by atoms with van der Waals surface area (Å²) in [5.74, 6) is 0. The van der Waals surface area contributed by atoms with Gasteiger partial charge in [-0.2, -0.15) is 5.26 Å². The first-order valence-corrected chi connectivity index (χ1v) is 8.51. The van der Waals surface area contributed by atoms with Crippen LogP contribution in [0.2, 0.25) is 5.02 Å². The number of nitriles is 1. The highest BCUT2D eigenvalue weighted by Gasteiger charge is 2.19. The molecular formula is C13H17ClN4O2S. The molecule has 1 aliphatic heterocycles. The van der Waals surface area contributed by atoms with Gasteiger partial charge in [-0.15, -0.1) is 0 Å². The van der Waals surface area contributed by atoms with E-state index in [1.807, 2.05) is 6.07 Å². The number of halogens is 1. The minimum Gasteiger partial charge on any atom is -0.314 e. The SMILES string of the molecule is N#Cc1ccc(Cl)cc1S(=O)(=O)NCCN1CCNCC1. The Balaban J connectivity index is 2.01. The molecule has 0 aromatic heterocycles. The monoisotopic (exact) mass is 328 g/mol. The highest BCUT2D eigenvalue weighted by molar-refractivity contribution is 7.89. The molecule has 0 radical (unpaired) electrons.